The highest BCUT2D eigenvalue weighted by Crippen LogP contribution is 2.21. The van der Waals surface area contributed by atoms with Gasteiger partial charge in [0, 0.05) is 22.0 Å². The van der Waals surface area contributed by atoms with Crippen LogP contribution in [0.1, 0.15) is 18.4 Å². The SMILES string of the molecule is Cc1ccc(NC(=O)CCCSc2ccc(Cl)cc2)cc1. The van der Waals surface area contributed by atoms with Gasteiger partial charge in [0.25, 0.3) is 0 Å². The normalized spacial score (nSPS) is 10.4. The molecule has 0 saturated carbocycles. The van der Waals surface area contributed by atoms with Gasteiger partial charge in [0.2, 0.25) is 5.91 Å². The zero-order valence-corrected chi connectivity index (χ0v) is 13.5. The molecule has 0 bridgehead atoms. The molecule has 2 rings (SSSR count). The number of rotatable bonds is 6. The molecule has 1 N–H and O–H groups in total. The fraction of sp³-hybridized carbons (Fsp3) is 0.235. The van der Waals surface area contributed by atoms with Crippen molar-refractivity contribution < 1.29 is 4.79 Å². The summed E-state index contributed by atoms with van der Waals surface area (Å²) in [5.74, 6) is 0.985. The number of hydrogen-bond donors (Lipinski definition) is 1. The van der Waals surface area contributed by atoms with E-state index in [1.165, 1.54) is 10.5 Å². The van der Waals surface area contributed by atoms with Crippen molar-refractivity contribution in [3.05, 3.63) is 59.1 Å². The second-order valence-corrected chi connectivity index (χ2v) is 6.42. The molecule has 0 spiro atoms. The minimum atomic E-state index is 0.0653. The number of anilines is 1. The molecular formula is C17H18ClNOS. The van der Waals surface area contributed by atoms with Crippen molar-refractivity contribution in [3.8, 4) is 0 Å². The molecule has 2 aromatic carbocycles. The molecule has 21 heavy (non-hydrogen) atoms. The van der Waals surface area contributed by atoms with Crippen molar-refractivity contribution in [2.45, 2.75) is 24.7 Å². The molecule has 110 valence electrons. The molecule has 0 aromatic heterocycles. The van der Waals surface area contributed by atoms with Gasteiger partial charge in [-0.15, -0.1) is 11.8 Å². The van der Waals surface area contributed by atoms with E-state index < -0.39 is 0 Å². The lowest BCUT2D eigenvalue weighted by Crippen LogP contribution is -2.11. The first-order valence-corrected chi connectivity index (χ1v) is 8.25. The smallest absolute Gasteiger partial charge is 0.224 e. The van der Waals surface area contributed by atoms with Gasteiger partial charge in [-0.05, 0) is 55.5 Å². The molecule has 0 saturated heterocycles. The maximum absolute atomic E-state index is 11.8. The summed E-state index contributed by atoms with van der Waals surface area (Å²) in [7, 11) is 0. The summed E-state index contributed by atoms with van der Waals surface area (Å²) in [6, 6.07) is 15.6. The van der Waals surface area contributed by atoms with Crippen LogP contribution >= 0.6 is 23.4 Å². The summed E-state index contributed by atoms with van der Waals surface area (Å²) in [6.07, 6.45) is 1.39. The molecule has 0 fully saturated rings. The summed E-state index contributed by atoms with van der Waals surface area (Å²) in [5.41, 5.74) is 2.04. The second kappa shape index (κ2) is 8.11. The summed E-state index contributed by atoms with van der Waals surface area (Å²) in [4.78, 5) is 13.0. The Hall–Kier alpha value is -1.45. The van der Waals surface area contributed by atoms with E-state index >= 15 is 0 Å². The fourth-order valence-corrected chi connectivity index (χ4v) is 2.79. The molecule has 0 heterocycles. The Morgan fingerprint density at radius 1 is 1.10 bits per heavy atom. The zero-order chi connectivity index (χ0) is 15.1. The molecule has 2 nitrogen and oxygen atoms in total. The number of carbonyl (C=O) groups is 1. The van der Waals surface area contributed by atoms with Crippen molar-refractivity contribution in [2.24, 2.45) is 0 Å². The van der Waals surface area contributed by atoms with Gasteiger partial charge in [-0.1, -0.05) is 29.3 Å². The van der Waals surface area contributed by atoms with Gasteiger partial charge >= 0.3 is 0 Å². The average molecular weight is 320 g/mol. The van der Waals surface area contributed by atoms with Crippen LogP contribution in [0.2, 0.25) is 5.02 Å². The van der Waals surface area contributed by atoms with E-state index in [0.29, 0.717) is 6.42 Å². The molecule has 0 aliphatic carbocycles. The standard InChI is InChI=1S/C17H18ClNOS/c1-13-4-8-15(9-5-13)19-17(20)3-2-12-21-16-10-6-14(18)7-11-16/h4-11H,2-3,12H2,1H3,(H,19,20). The predicted octanol–water partition coefficient (Wildman–Crippen LogP) is 5.16. The molecule has 4 heteroatoms. The number of benzene rings is 2. The monoisotopic (exact) mass is 319 g/mol. The molecule has 0 aliphatic rings. The summed E-state index contributed by atoms with van der Waals surface area (Å²) in [6.45, 7) is 2.03. The Kier molecular flexibility index (Phi) is 6.15. The van der Waals surface area contributed by atoms with Crippen LogP contribution in [0, 0.1) is 6.92 Å². The Balaban J connectivity index is 1.67. The first kappa shape index (κ1) is 15.9. The van der Waals surface area contributed by atoms with Crippen LogP contribution in [-0.4, -0.2) is 11.7 Å². The largest absolute Gasteiger partial charge is 0.326 e. The fourth-order valence-electron chi connectivity index (χ4n) is 1.81. The van der Waals surface area contributed by atoms with Gasteiger partial charge < -0.3 is 5.32 Å². The van der Waals surface area contributed by atoms with Crippen LogP contribution in [0.4, 0.5) is 5.69 Å². The van der Waals surface area contributed by atoms with Gasteiger partial charge in [0.05, 0.1) is 0 Å². The second-order valence-electron chi connectivity index (χ2n) is 4.82. The lowest BCUT2D eigenvalue weighted by molar-refractivity contribution is -0.116. The summed E-state index contributed by atoms with van der Waals surface area (Å²) >= 11 is 7.58. The van der Waals surface area contributed by atoms with E-state index in [1.807, 2.05) is 55.5 Å². The molecule has 0 unspecified atom stereocenters. The average Bonchev–Trinajstić information content (AvgIpc) is 2.48. The Morgan fingerprint density at radius 3 is 2.43 bits per heavy atom. The third kappa shape index (κ3) is 5.82. The van der Waals surface area contributed by atoms with Crippen LogP contribution in [0.3, 0.4) is 0 Å². The lowest BCUT2D eigenvalue weighted by atomic mass is 10.2. The highest BCUT2D eigenvalue weighted by molar-refractivity contribution is 7.99. The lowest BCUT2D eigenvalue weighted by Gasteiger charge is -2.05. The first-order valence-electron chi connectivity index (χ1n) is 6.88. The van der Waals surface area contributed by atoms with Crippen LogP contribution in [0.5, 0.6) is 0 Å². The van der Waals surface area contributed by atoms with Gasteiger partial charge in [0.15, 0.2) is 0 Å². The molecule has 1 amide bonds. The molecular weight excluding hydrogens is 302 g/mol. The third-order valence-corrected chi connectivity index (χ3v) is 4.32. The van der Waals surface area contributed by atoms with E-state index in [9.17, 15) is 4.79 Å². The van der Waals surface area contributed by atoms with E-state index in [1.54, 1.807) is 11.8 Å². The molecule has 0 atom stereocenters. The van der Waals surface area contributed by atoms with Crippen molar-refractivity contribution >= 4 is 35.0 Å². The summed E-state index contributed by atoms with van der Waals surface area (Å²) in [5, 5.41) is 3.66. The van der Waals surface area contributed by atoms with E-state index in [2.05, 4.69) is 5.32 Å². The third-order valence-electron chi connectivity index (χ3n) is 2.97. The van der Waals surface area contributed by atoms with Crippen molar-refractivity contribution in [3.63, 3.8) is 0 Å². The number of hydrogen-bond acceptors (Lipinski definition) is 2. The van der Waals surface area contributed by atoms with Crippen LogP contribution < -0.4 is 5.32 Å². The highest BCUT2D eigenvalue weighted by Gasteiger charge is 2.02. The number of amides is 1. The molecule has 0 aliphatic heterocycles. The van der Waals surface area contributed by atoms with E-state index in [4.69, 9.17) is 11.6 Å². The minimum Gasteiger partial charge on any atom is -0.326 e. The Bertz CT molecular complexity index is 581. The molecule has 2 aromatic rings. The predicted molar refractivity (Wildman–Crippen MR) is 91.2 cm³/mol. The van der Waals surface area contributed by atoms with Gasteiger partial charge in [0.1, 0.15) is 0 Å². The van der Waals surface area contributed by atoms with Crippen LogP contribution in [0.25, 0.3) is 0 Å². The number of thioether (sulfide) groups is 1. The van der Waals surface area contributed by atoms with Crippen LogP contribution in [0.15, 0.2) is 53.4 Å². The minimum absolute atomic E-state index is 0.0653. The van der Waals surface area contributed by atoms with Gasteiger partial charge in [-0.3, -0.25) is 4.79 Å². The van der Waals surface area contributed by atoms with E-state index in [0.717, 1.165) is 22.9 Å². The highest BCUT2D eigenvalue weighted by atomic mass is 35.5. The number of aryl methyl sites for hydroxylation is 1. The number of nitrogens with one attached hydrogen (secondary N) is 1. The quantitative estimate of drug-likeness (QED) is 0.588. The van der Waals surface area contributed by atoms with Crippen molar-refractivity contribution in [2.75, 3.05) is 11.1 Å². The van der Waals surface area contributed by atoms with Crippen molar-refractivity contribution in [1.29, 1.82) is 0 Å². The zero-order valence-electron chi connectivity index (χ0n) is 11.9. The van der Waals surface area contributed by atoms with Gasteiger partial charge in [-0.2, -0.15) is 0 Å². The maximum atomic E-state index is 11.8. The summed E-state index contributed by atoms with van der Waals surface area (Å²) < 4.78 is 0. The Labute approximate surface area is 134 Å². The number of carbonyl (C=O) groups excluding carboxylic acids is 1. The van der Waals surface area contributed by atoms with Crippen LogP contribution in [-0.2, 0) is 4.79 Å². The Morgan fingerprint density at radius 2 is 1.76 bits per heavy atom. The van der Waals surface area contributed by atoms with E-state index in [-0.39, 0.29) is 5.91 Å². The first-order chi connectivity index (χ1) is 10.1. The number of halogens is 1. The van der Waals surface area contributed by atoms with Gasteiger partial charge in [-0.25, -0.2) is 0 Å². The van der Waals surface area contributed by atoms with Crippen molar-refractivity contribution in [1.82, 2.24) is 0 Å². The topological polar surface area (TPSA) is 29.1 Å². The maximum Gasteiger partial charge on any atom is 0.224 e. The molecule has 0 radical (unpaired) electrons.